The highest BCUT2D eigenvalue weighted by atomic mass is 35.5. The molecule has 108 valence electrons. The summed E-state index contributed by atoms with van der Waals surface area (Å²) in [5.74, 6) is -0.512. The highest BCUT2D eigenvalue weighted by molar-refractivity contribution is 6.32. The zero-order chi connectivity index (χ0) is 14.9. The van der Waals surface area contributed by atoms with Crippen LogP contribution in [0.15, 0.2) is 12.3 Å². The Labute approximate surface area is 120 Å². The summed E-state index contributed by atoms with van der Waals surface area (Å²) in [6, 6.07) is 1.27. The Morgan fingerprint density at radius 2 is 2.30 bits per heavy atom. The van der Waals surface area contributed by atoms with Crippen LogP contribution in [0.2, 0.25) is 5.15 Å². The van der Waals surface area contributed by atoms with E-state index in [1.165, 1.54) is 17.2 Å². The van der Waals surface area contributed by atoms with E-state index in [2.05, 4.69) is 4.98 Å². The minimum atomic E-state index is -0.879. The largest absolute Gasteiger partial charge is 0.386 e. The lowest BCUT2D eigenvalue weighted by Crippen LogP contribution is -2.63. The Balaban J connectivity index is 2.20. The van der Waals surface area contributed by atoms with Crippen LogP contribution in [-0.4, -0.2) is 44.5 Å². The van der Waals surface area contributed by atoms with Crippen molar-refractivity contribution in [2.45, 2.75) is 25.4 Å². The molecule has 2 rings (SSSR count). The van der Waals surface area contributed by atoms with Crippen LogP contribution in [0, 0.1) is 10.1 Å². The molecule has 0 unspecified atom stereocenters. The maximum absolute atomic E-state index is 12.2. The molecule has 0 saturated carbocycles. The zero-order valence-electron chi connectivity index (χ0n) is 10.9. The van der Waals surface area contributed by atoms with Crippen LogP contribution in [0.1, 0.15) is 30.1 Å². The van der Waals surface area contributed by atoms with Crippen LogP contribution in [0.4, 0.5) is 5.69 Å². The number of pyridine rings is 1. The lowest BCUT2D eigenvalue weighted by Gasteiger charge is -2.46. The van der Waals surface area contributed by atoms with E-state index < -0.39 is 22.1 Å². The van der Waals surface area contributed by atoms with Crippen LogP contribution in [0.25, 0.3) is 0 Å². The van der Waals surface area contributed by atoms with Crippen molar-refractivity contribution in [3.05, 3.63) is 33.1 Å². The molecule has 7 nitrogen and oxygen atoms in total. The van der Waals surface area contributed by atoms with Crippen molar-refractivity contribution in [2.24, 2.45) is 0 Å². The minimum absolute atomic E-state index is 0.103. The Kier molecular flexibility index (Phi) is 3.92. The molecule has 0 atom stereocenters. The molecular formula is C12H14ClN3O4. The van der Waals surface area contributed by atoms with Gasteiger partial charge in [-0.1, -0.05) is 24.9 Å². The van der Waals surface area contributed by atoms with Crippen LogP contribution >= 0.6 is 11.6 Å². The first kappa shape index (κ1) is 14.7. The monoisotopic (exact) mass is 299 g/mol. The third kappa shape index (κ3) is 2.59. The summed E-state index contributed by atoms with van der Waals surface area (Å²) in [5.41, 5.74) is -1.48. The fourth-order valence-corrected chi connectivity index (χ4v) is 2.60. The predicted molar refractivity (Wildman–Crippen MR) is 71.7 cm³/mol. The summed E-state index contributed by atoms with van der Waals surface area (Å²) >= 11 is 5.67. The van der Waals surface area contributed by atoms with Crippen molar-refractivity contribution in [1.29, 1.82) is 0 Å². The number of rotatable bonds is 4. The van der Waals surface area contributed by atoms with Gasteiger partial charge in [0.05, 0.1) is 23.6 Å². The van der Waals surface area contributed by atoms with Crippen LogP contribution in [0.3, 0.4) is 0 Å². The van der Waals surface area contributed by atoms with Crippen molar-refractivity contribution in [1.82, 2.24) is 9.88 Å². The quantitative estimate of drug-likeness (QED) is 0.518. The predicted octanol–water partition coefficient (Wildman–Crippen LogP) is 1.63. The SMILES string of the molecule is CCCC1(O)CN(C(=O)c2ccnc(Cl)c2[N+](=O)[O-])C1. The van der Waals surface area contributed by atoms with Crippen molar-refractivity contribution in [3.63, 3.8) is 0 Å². The molecular weight excluding hydrogens is 286 g/mol. The van der Waals surface area contributed by atoms with Crippen LogP contribution in [0.5, 0.6) is 0 Å². The van der Waals surface area contributed by atoms with Gasteiger partial charge in [0.25, 0.3) is 5.91 Å². The first-order valence-electron chi connectivity index (χ1n) is 6.18. The average molecular weight is 300 g/mol. The standard InChI is InChI=1S/C12H14ClN3O4/c1-2-4-12(18)6-15(7-12)11(17)8-3-5-14-10(13)9(8)16(19)20/h3,5,18H,2,4,6-7H2,1H3. The highest BCUT2D eigenvalue weighted by Gasteiger charge is 2.44. The molecule has 0 spiro atoms. The topological polar surface area (TPSA) is 96.6 Å². The van der Waals surface area contributed by atoms with Crippen molar-refractivity contribution in [2.75, 3.05) is 13.1 Å². The molecule has 1 N–H and O–H groups in total. The molecule has 0 aromatic carbocycles. The van der Waals surface area contributed by atoms with Crippen molar-refractivity contribution >= 4 is 23.2 Å². The maximum Gasteiger partial charge on any atom is 0.319 e. The van der Waals surface area contributed by atoms with E-state index in [-0.39, 0.29) is 23.8 Å². The Morgan fingerprint density at radius 1 is 1.65 bits per heavy atom. The van der Waals surface area contributed by atoms with Crippen molar-refractivity contribution < 1.29 is 14.8 Å². The van der Waals surface area contributed by atoms with Gasteiger partial charge in [0.15, 0.2) is 0 Å². The highest BCUT2D eigenvalue weighted by Crippen LogP contribution is 2.31. The van der Waals surface area contributed by atoms with Gasteiger partial charge < -0.3 is 10.0 Å². The first-order valence-corrected chi connectivity index (χ1v) is 6.56. The van der Waals surface area contributed by atoms with Gasteiger partial charge in [-0.3, -0.25) is 14.9 Å². The third-order valence-electron chi connectivity index (χ3n) is 3.27. The van der Waals surface area contributed by atoms with Crippen molar-refractivity contribution in [3.8, 4) is 0 Å². The Bertz CT molecular complexity index is 558. The number of hydrogen-bond acceptors (Lipinski definition) is 5. The zero-order valence-corrected chi connectivity index (χ0v) is 11.6. The number of nitrogens with zero attached hydrogens (tertiary/aromatic N) is 3. The van der Waals surface area contributed by atoms with Gasteiger partial charge in [0, 0.05) is 6.20 Å². The number of amides is 1. The lowest BCUT2D eigenvalue weighted by molar-refractivity contribution is -0.385. The molecule has 0 bridgehead atoms. The number of aliphatic hydroxyl groups is 1. The van der Waals surface area contributed by atoms with Crippen LogP contribution < -0.4 is 0 Å². The van der Waals surface area contributed by atoms with E-state index in [0.29, 0.717) is 6.42 Å². The fourth-order valence-electron chi connectivity index (χ4n) is 2.38. The smallest absolute Gasteiger partial charge is 0.319 e. The lowest BCUT2D eigenvalue weighted by atomic mass is 9.88. The molecule has 8 heteroatoms. The summed E-state index contributed by atoms with van der Waals surface area (Å²) in [6.07, 6.45) is 2.65. The average Bonchev–Trinajstić information content (AvgIpc) is 2.34. The molecule has 1 aromatic heterocycles. The van der Waals surface area contributed by atoms with E-state index in [1.807, 2.05) is 6.92 Å². The second kappa shape index (κ2) is 5.34. The number of β-amino-alcohol motifs (C(OH)–C–C–N with tert-alkyl or cyclic N) is 1. The van der Waals surface area contributed by atoms with E-state index in [9.17, 15) is 20.0 Å². The summed E-state index contributed by atoms with van der Waals surface area (Å²) < 4.78 is 0. The van der Waals surface area contributed by atoms with Gasteiger partial charge in [-0.2, -0.15) is 0 Å². The summed E-state index contributed by atoms with van der Waals surface area (Å²) in [6.45, 7) is 2.30. The summed E-state index contributed by atoms with van der Waals surface area (Å²) in [4.78, 5) is 27.4. The third-order valence-corrected chi connectivity index (χ3v) is 3.54. The fraction of sp³-hybridized carbons (Fsp3) is 0.500. The minimum Gasteiger partial charge on any atom is -0.386 e. The second-order valence-corrected chi connectivity index (χ2v) is 5.25. The van der Waals surface area contributed by atoms with E-state index in [1.54, 1.807) is 0 Å². The number of hydrogen-bond donors (Lipinski definition) is 1. The van der Waals surface area contributed by atoms with Gasteiger partial charge in [0.1, 0.15) is 5.56 Å². The number of nitro groups is 1. The number of carbonyl (C=O) groups excluding carboxylic acids is 1. The molecule has 1 saturated heterocycles. The summed E-state index contributed by atoms with van der Waals surface area (Å²) in [7, 11) is 0. The molecule has 1 aromatic rings. The van der Waals surface area contributed by atoms with Crippen LogP contribution in [-0.2, 0) is 0 Å². The van der Waals surface area contributed by atoms with E-state index >= 15 is 0 Å². The Morgan fingerprint density at radius 3 is 2.85 bits per heavy atom. The summed E-state index contributed by atoms with van der Waals surface area (Å²) in [5, 5.41) is 20.7. The molecule has 20 heavy (non-hydrogen) atoms. The molecule has 1 aliphatic heterocycles. The number of carbonyl (C=O) groups is 1. The van der Waals surface area contributed by atoms with Gasteiger partial charge in [-0.25, -0.2) is 4.98 Å². The van der Waals surface area contributed by atoms with E-state index in [0.717, 1.165) is 6.42 Å². The van der Waals surface area contributed by atoms with Gasteiger partial charge in [-0.15, -0.1) is 0 Å². The molecule has 1 aliphatic rings. The van der Waals surface area contributed by atoms with Gasteiger partial charge in [0.2, 0.25) is 5.15 Å². The molecule has 1 fully saturated rings. The van der Waals surface area contributed by atoms with Gasteiger partial charge >= 0.3 is 5.69 Å². The number of halogens is 1. The molecule has 0 aliphatic carbocycles. The number of aromatic nitrogens is 1. The first-order chi connectivity index (χ1) is 9.38. The maximum atomic E-state index is 12.2. The number of likely N-dealkylation sites (tertiary alicyclic amines) is 1. The van der Waals surface area contributed by atoms with Gasteiger partial charge in [-0.05, 0) is 12.5 Å². The molecule has 1 amide bonds. The second-order valence-electron chi connectivity index (χ2n) is 4.89. The van der Waals surface area contributed by atoms with E-state index in [4.69, 9.17) is 11.6 Å². The molecule has 2 heterocycles. The normalized spacial score (nSPS) is 16.6. The Hall–Kier alpha value is -1.73. The molecule has 0 radical (unpaired) electrons.